The Balaban J connectivity index is 2.01. The molecule has 2 N–H and O–H groups in total. The second-order valence-electron chi connectivity index (χ2n) is 10.0. The highest BCUT2D eigenvalue weighted by atomic mass is 16.6. The average Bonchev–Trinajstić information content (AvgIpc) is 2.82. The monoisotopic (exact) mass is 499 g/mol. The number of benzene rings is 2. The molecule has 198 valence electrons. The molecule has 2 aromatic carbocycles. The lowest BCUT2D eigenvalue weighted by Gasteiger charge is -2.25. The van der Waals surface area contributed by atoms with Crippen molar-refractivity contribution in [3.63, 3.8) is 0 Å². The van der Waals surface area contributed by atoms with Crippen molar-refractivity contribution < 1.29 is 23.8 Å². The lowest BCUT2D eigenvalue weighted by atomic mass is 10.1. The molecule has 3 amide bonds. The molecular formula is C28H41N3O5. The zero-order chi connectivity index (χ0) is 26.6. The van der Waals surface area contributed by atoms with Crippen LogP contribution >= 0.6 is 0 Å². The van der Waals surface area contributed by atoms with Crippen LogP contribution in [0.2, 0.25) is 0 Å². The van der Waals surface area contributed by atoms with E-state index in [1.165, 1.54) is 0 Å². The minimum Gasteiger partial charge on any atom is -0.493 e. The van der Waals surface area contributed by atoms with Crippen LogP contribution in [-0.4, -0.2) is 49.4 Å². The number of hydrogen-bond donors (Lipinski definition) is 2. The van der Waals surface area contributed by atoms with Crippen LogP contribution in [0, 0.1) is 5.92 Å². The number of carbonyl (C=O) groups excluding carboxylic acids is 2. The van der Waals surface area contributed by atoms with Gasteiger partial charge in [0.15, 0.2) is 11.5 Å². The zero-order valence-corrected chi connectivity index (χ0v) is 22.4. The van der Waals surface area contributed by atoms with Crippen LogP contribution < -0.4 is 20.1 Å². The van der Waals surface area contributed by atoms with Gasteiger partial charge in [-0.2, -0.15) is 0 Å². The van der Waals surface area contributed by atoms with E-state index in [2.05, 4.69) is 24.5 Å². The standard InChI is InChI=1S/C28H41N3O5/c1-21(2)18-30-26(32)31(16-10-15-29-27(33)36-28(3,4)5)19-23-13-14-24(25(17-23)34-6)35-20-22-11-8-7-9-12-22/h7-9,11-14,17,21H,10,15-16,18-20H2,1-6H3,(H,29,33)(H,30,32). The predicted octanol–water partition coefficient (Wildman–Crippen LogP) is 5.36. The third-order valence-electron chi connectivity index (χ3n) is 5.06. The van der Waals surface area contributed by atoms with Crippen LogP contribution in [0.4, 0.5) is 9.59 Å². The SMILES string of the molecule is COc1cc(CN(CCCNC(=O)OC(C)(C)C)C(=O)NCC(C)C)ccc1OCc1ccccc1. The van der Waals surface area contributed by atoms with Crippen LogP contribution in [0.1, 0.15) is 52.2 Å². The molecule has 0 aliphatic rings. The molecule has 0 heterocycles. The van der Waals surface area contributed by atoms with Crippen molar-refractivity contribution in [2.45, 2.75) is 59.8 Å². The minimum atomic E-state index is -0.553. The Morgan fingerprint density at radius 1 is 0.972 bits per heavy atom. The number of urea groups is 1. The fourth-order valence-corrected chi connectivity index (χ4v) is 3.32. The molecule has 8 heteroatoms. The molecule has 2 rings (SSSR count). The van der Waals surface area contributed by atoms with Crippen LogP contribution in [0.3, 0.4) is 0 Å². The Morgan fingerprint density at radius 2 is 1.69 bits per heavy atom. The highest BCUT2D eigenvalue weighted by Crippen LogP contribution is 2.29. The Kier molecular flexibility index (Phi) is 11.4. The normalized spacial score (nSPS) is 11.1. The van der Waals surface area contributed by atoms with E-state index in [1.807, 2.05) is 69.3 Å². The fourth-order valence-electron chi connectivity index (χ4n) is 3.32. The van der Waals surface area contributed by atoms with Crippen LogP contribution in [-0.2, 0) is 17.9 Å². The molecule has 0 atom stereocenters. The summed E-state index contributed by atoms with van der Waals surface area (Å²) in [5.41, 5.74) is 1.43. The van der Waals surface area contributed by atoms with E-state index in [-0.39, 0.29) is 6.03 Å². The number of methoxy groups -OCH3 is 1. The lowest BCUT2D eigenvalue weighted by molar-refractivity contribution is 0.0526. The third kappa shape index (κ3) is 10.9. The van der Waals surface area contributed by atoms with Gasteiger partial charge in [-0.05, 0) is 56.4 Å². The van der Waals surface area contributed by atoms with Crippen LogP contribution in [0.5, 0.6) is 11.5 Å². The molecule has 0 aliphatic carbocycles. The smallest absolute Gasteiger partial charge is 0.407 e. The maximum Gasteiger partial charge on any atom is 0.407 e. The quantitative estimate of drug-likeness (QED) is 0.384. The number of hydrogen-bond acceptors (Lipinski definition) is 5. The summed E-state index contributed by atoms with van der Waals surface area (Å²) in [6.45, 7) is 11.8. The van der Waals surface area contributed by atoms with Gasteiger partial charge in [0, 0.05) is 26.2 Å². The van der Waals surface area contributed by atoms with Crippen molar-refractivity contribution in [1.82, 2.24) is 15.5 Å². The van der Waals surface area contributed by atoms with E-state index in [0.717, 1.165) is 11.1 Å². The topological polar surface area (TPSA) is 89.1 Å². The van der Waals surface area contributed by atoms with E-state index in [1.54, 1.807) is 12.0 Å². The summed E-state index contributed by atoms with van der Waals surface area (Å²) in [6.07, 6.45) is 0.123. The third-order valence-corrected chi connectivity index (χ3v) is 5.06. The summed E-state index contributed by atoms with van der Waals surface area (Å²) in [4.78, 5) is 26.5. The van der Waals surface area contributed by atoms with Crippen LogP contribution in [0.15, 0.2) is 48.5 Å². The second-order valence-corrected chi connectivity index (χ2v) is 10.0. The van der Waals surface area contributed by atoms with Gasteiger partial charge in [0.05, 0.1) is 7.11 Å². The second kappa shape index (κ2) is 14.2. The van der Waals surface area contributed by atoms with Gasteiger partial charge in [-0.25, -0.2) is 9.59 Å². The molecule has 0 radical (unpaired) electrons. The minimum absolute atomic E-state index is 0.149. The van der Waals surface area contributed by atoms with Crippen molar-refractivity contribution in [3.05, 3.63) is 59.7 Å². The first kappa shape index (κ1) is 28.8. The van der Waals surface area contributed by atoms with Crippen molar-refractivity contribution in [2.24, 2.45) is 5.92 Å². The molecule has 36 heavy (non-hydrogen) atoms. The van der Waals surface area contributed by atoms with Gasteiger partial charge in [-0.1, -0.05) is 50.2 Å². The van der Waals surface area contributed by atoms with E-state index in [9.17, 15) is 9.59 Å². The molecule has 0 aliphatic heterocycles. The van der Waals surface area contributed by atoms with E-state index in [0.29, 0.717) is 56.6 Å². The summed E-state index contributed by atoms with van der Waals surface area (Å²) < 4.78 is 16.8. The summed E-state index contributed by atoms with van der Waals surface area (Å²) >= 11 is 0. The molecule has 0 bridgehead atoms. The largest absolute Gasteiger partial charge is 0.493 e. The molecule has 0 unspecified atom stereocenters. The van der Waals surface area contributed by atoms with Gasteiger partial charge in [0.1, 0.15) is 12.2 Å². The van der Waals surface area contributed by atoms with Gasteiger partial charge in [0.25, 0.3) is 0 Å². The summed E-state index contributed by atoms with van der Waals surface area (Å²) in [6, 6.07) is 15.5. The average molecular weight is 500 g/mol. The number of nitrogens with zero attached hydrogens (tertiary/aromatic N) is 1. The first-order valence-electron chi connectivity index (χ1n) is 12.4. The first-order chi connectivity index (χ1) is 17.1. The van der Waals surface area contributed by atoms with Crippen molar-refractivity contribution in [3.8, 4) is 11.5 Å². The van der Waals surface area contributed by atoms with Crippen molar-refractivity contribution in [1.29, 1.82) is 0 Å². The molecule has 0 spiro atoms. The van der Waals surface area contributed by atoms with Gasteiger partial charge in [-0.15, -0.1) is 0 Å². The molecule has 0 saturated carbocycles. The predicted molar refractivity (Wildman–Crippen MR) is 141 cm³/mol. The highest BCUT2D eigenvalue weighted by Gasteiger charge is 2.18. The summed E-state index contributed by atoms with van der Waals surface area (Å²) in [5, 5.41) is 5.73. The first-order valence-corrected chi connectivity index (χ1v) is 12.4. The number of nitrogens with one attached hydrogen (secondary N) is 2. The fraction of sp³-hybridized carbons (Fsp3) is 0.500. The Hall–Kier alpha value is -3.42. The molecule has 0 aromatic heterocycles. The van der Waals surface area contributed by atoms with E-state index >= 15 is 0 Å². The number of rotatable bonds is 12. The maximum atomic E-state index is 12.9. The Bertz CT molecular complexity index is 957. The lowest BCUT2D eigenvalue weighted by Crippen LogP contribution is -2.42. The number of ether oxygens (including phenoxy) is 3. The highest BCUT2D eigenvalue weighted by molar-refractivity contribution is 5.74. The molecule has 2 aromatic rings. The number of alkyl carbamates (subject to hydrolysis) is 1. The Labute approximate surface area is 215 Å². The number of amides is 3. The van der Waals surface area contributed by atoms with Crippen LogP contribution in [0.25, 0.3) is 0 Å². The number of carbonyl (C=O) groups is 2. The maximum absolute atomic E-state index is 12.9. The molecule has 8 nitrogen and oxygen atoms in total. The summed E-state index contributed by atoms with van der Waals surface area (Å²) in [7, 11) is 1.60. The van der Waals surface area contributed by atoms with Crippen molar-refractivity contribution in [2.75, 3.05) is 26.7 Å². The molecule has 0 saturated heterocycles. The molecule has 0 fully saturated rings. The van der Waals surface area contributed by atoms with Gasteiger partial charge >= 0.3 is 12.1 Å². The molecular weight excluding hydrogens is 458 g/mol. The Morgan fingerprint density at radius 3 is 2.33 bits per heavy atom. The zero-order valence-electron chi connectivity index (χ0n) is 22.4. The van der Waals surface area contributed by atoms with Gasteiger partial charge in [0.2, 0.25) is 0 Å². The summed E-state index contributed by atoms with van der Waals surface area (Å²) in [5.74, 6) is 1.59. The van der Waals surface area contributed by atoms with Crippen molar-refractivity contribution >= 4 is 12.1 Å². The van der Waals surface area contributed by atoms with Gasteiger partial charge in [-0.3, -0.25) is 0 Å². The van der Waals surface area contributed by atoms with E-state index < -0.39 is 11.7 Å². The van der Waals surface area contributed by atoms with Gasteiger partial charge < -0.3 is 29.7 Å². The van der Waals surface area contributed by atoms with E-state index in [4.69, 9.17) is 14.2 Å².